The lowest BCUT2D eigenvalue weighted by Crippen LogP contribution is -2.36. The van der Waals surface area contributed by atoms with Crippen LogP contribution >= 0.6 is 0 Å². The van der Waals surface area contributed by atoms with Crippen LogP contribution in [0.15, 0.2) is 54.6 Å². The van der Waals surface area contributed by atoms with E-state index >= 15 is 0 Å². The fourth-order valence-electron chi connectivity index (χ4n) is 4.66. The van der Waals surface area contributed by atoms with Crippen molar-refractivity contribution in [2.45, 2.75) is 50.5 Å². The Morgan fingerprint density at radius 2 is 1.79 bits per heavy atom. The molecule has 0 N–H and O–H groups in total. The molecule has 5 rings (SSSR count). The van der Waals surface area contributed by atoms with Gasteiger partial charge in [-0.25, -0.2) is 0 Å². The molecule has 4 atom stereocenters. The second kappa shape index (κ2) is 7.43. The first kappa shape index (κ1) is 17.5. The molecule has 1 saturated carbocycles. The fourth-order valence-corrected chi connectivity index (χ4v) is 4.66. The van der Waals surface area contributed by atoms with Crippen molar-refractivity contribution in [2.24, 2.45) is 5.92 Å². The maximum atomic E-state index is 12.4. The van der Waals surface area contributed by atoms with E-state index in [1.165, 1.54) is 5.56 Å². The lowest BCUT2D eigenvalue weighted by Gasteiger charge is -2.26. The van der Waals surface area contributed by atoms with Gasteiger partial charge in [0.15, 0.2) is 0 Å². The Hall–Kier alpha value is -2.61. The first-order valence-electron chi connectivity index (χ1n) is 10.0. The van der Waals surface area contributed by atoms with Gasteiger partial charge < -0.3 is 4.74 Å². The summed E-state index contributed by atoms with van der Waals surface area (Å²) in [5.74, 6) is 6.62. The third-order valence-electron chi connectivity index (χ3n) is 5.99. The average molecular weight is 373 g/mol. The van der Waals surface area contributed by atoms with Crippen LogP contribution in [-0.4, -0.2) is 29.3 Å². The number of carbonyl (C=O) groups excluding carboxylic acids is 1. The highest BCUT2D eigenvalue weighted by Gasteiger charge is 2.58. The number of benzene rings is 2. The zero-order valence-electron chi connectivity index (χ0n) is 15.7. The Morgan fingerprint density at radius 3 is 2.68 bits per heavy atom. The van der Waals surface area contributed by atoms with Crippen molar-refractivity contribution in [1.82, 2.24) is 5.06 Å². The van der Waals surface area contributed by atoms with Crippen molar-refractivity contribution in [3.05, 3.63) is 71.3 Å². The van der Waals surface area contributed by atoms with Gasteiger partial charge in [-0.3, -0.25) is 9.63 Å². The van der Waals surface area contributed by atoms with Gasteiger partial charge in [0.05, 0.1) is 18.6 Å². The maximum absolute atomic E-state index is 12.4. The molecular formula is C24H23NO3. The molecule has 0 spiro atoms. The number of ether oxygens (including phenoxy) is 1. The molecule has 142 valence electrons. The van der Waals surface area contributed by atoms with Crippen LogP contribution in [-0.2, 0) is 27.3 Å². The van der Waals surface area contributed by atoms with Crippen LogP contribution in [0.25, 0.3) is 0 Å². The Balaban J connectivity index is 1.35. The third-order valence-corrected chi connectivity index (χ3v) is 5.99. The number of esters is 1. The highest BCUT2D eigenvalue weighted by molar-refractivity contribution is 5.79. The van der Waals surface area contributed by atoms with Crippen LogP contribution in [0.3, 0.4) is 0 Å². The molecule has 4 nitrogen and oxygen atoms in total. The van der Waals surface area contributed by atoms with Gasteiger partial charge in [-0.15, -0.1) is 0 Å². The molecule has 2 aromatic rings. The summed E-state index contributed by atoms with van der Waals surface area (Å²) >= 11 is 0. The predicted octanol–water partition coefficient (Wildman–Crippen LogP) is 3.49. The van der Waals surface area contributed by atoms with Crippen LogP contribution in [0, 0.1) is 17.8 Å². The van der Waals surface area contributed by atoms with Crippen molar-refractivity contribution in [3.63, 3.8) is 0 Å². The summed E-state index contributed by atoms with van der Waals surface area (Å²) in [6.07, 6.45) is 3.87. The number of hydroxylamine groups is 2. The molecule has 0 amide bonds. The van der Waals surface area contributed by atoms with Crippen molar-refractivity contribution in [3.8, 4) is 11.8 Å². The standard InChI is InChI=1S/C24H23NO3/c26-24-23-22-20(27-24)14-7-15-21(22)28-25(23)16-19-12-5-4-11-18(19)13-6-10-17-8-2-1-3-9-17/h1-5,8-9,11-12,20-23H,7,10,14-16H2. The van der Waals surface area contributed by atoms with Crippen LogP contribution in [0.2, 0.25) is 0 Å². The highest BCUT2D eigenvalue weighted by atomic mass is 16.7. The van der Waals surface area contributed by atoms with Crippen molar-refractivity contribution < 1.29 is 14.4 Å². The molecule has 2 heterocycles. The zero-order chi connectivity index (χ0) is 18.9. The van der Waals surface area contributed by atoms with E-state index in [2.05, 4.69) is 30.0 Å². The minimum atomic E-state index is -0.277. The minimum absolute atomic E-state index is 0.0298. The van der Waals surface area contributed by atoms with E-state index in [1.54, 1.807) is 0 Å². The Labute approximate surface area is 165 Å². The molecule has 2 aliphatic heterocycles. The predicted molar refractivity (Wildman–Crippen MR) is 105 cm³/mol. The number of nitrogens with zero attached hydrogens (tertiary/aromatic N) is 1. The van der Waals surface area contributed by atoms with Gasteiger partial charge in [-0.2, -0.15) is 5.06 Å². The molecule has 28 heavy (non-hydrogen) atoms. The molecule has 0 radical (unpaired) electrons. The topological polar surface area (TPSA) is 38.8 Å². The van der Waals surface area contributed by atoms with Crippen molar-refractivity contribution in [2.75, 3.05) is 0 Å². The van der Waals surface area contributed by atoms with Gasteiger partial charge in [0.2, 0.25) is 0 Å². The number of hydrogen-bond donors (Lipinski definition) is 0. The third kappa shape index (κ3) is 3.22. The SMILES string of the molecule is O=C1OC2CCCC3ON(Cc4ccccc4C#CCc4ccccc4)C1C23. The quantitative estimate of drug-likeness (QED) is 0.610. The van der Waals surface area contributed by atoms with E-state index in [0.717, 1.165) is 36.8 Å². The maximum Gasteiger partial charge on any atom is 0.326 e. The summed E-state index contributed by atoms with van der Waals surface area (Å²) in [5.41, 5.74) is 3.27. The Bertz CT molecular complexity index is 930. The molecule has 3 aliphatic rings. The van der Waals surface area contributed by atoms with Gasteiger partial charge in [0, 0.05) is 12.0 Å². The second-order valence-corrected chi connectivity index (χ2v) is 7.77. The smallest absolute Gasteiger partial charge is 0.326 e. The molecule has 2 saturated heterocycles. The fraction of sp³-hybridized carbons (Fsp3) is 0.375. The molecule has 0 bridgehead atoms. The van der Waals surface area contributed by atoms with E-state index in [-0.39, 0.29) is 30.1 Å². The average Bonchev–Trinajstić information content (AvgIpc) is 3.26. The molecule has 4 heteroatoms. The summed E-state index contributed by atoms with van der Waals surface area (Å²) in [6.45, 7) is 0.551. The number of hydrogen-bond acceptors (Lipinski definition) is 4. The monoisotopic (exact) mass is 373 g/mol. The van der Waals surface area contributed by atoms with Crippen molar-refractivity contribution >= 4 is 5.97 Å². The van der Waals surface area contributed by atoms with Gasteiger partial charge in [0.1, 0.15) is 12.1 Å². The van der Waals surface area contributed by atoms with E-state index in [4.69, 9.17) is 9.57 Å². The molecule has 1 aliphatic carbocycles. The lowest BCUT2D eigenvalue weighted by atomic mass is 9.82. The highest BCUT2D eigenvalue weighted by Crippen LogP contribution is 2.44. The van der Waals surface area contributed by atoms with E-state index in [0.29, 0.717) is 6.54 Å². The lowest BCUT2D eigenvalue weighted by molar-refractivity contribution is -0.195. The van der Waals surface area contributed by atoms with Crippen LogP contribution < -0.4 is 0 Å². The van der Waals surface area contributed by atoms with E-state index < -0.39 is 0 Å². The minimum Gasteiger partial charge on any atom is -0.461 e. The molecular weight excluding hydrogens is 350 g/mol. The molecule has 0 aromatic heterocycles. The summed E-state index contributed by atoms with van der Waals surface area (Å²) in [6, 6.07) is 18.1. The van der Waals surface area contributed by atoms with Gasteiger partial charge in [-0.05, 0) is 36.5 Å². The Kier molecular flexibility index (Phi) is 4.64. The number of carbonyl (C=O) groups is 1. The first-order valence-corrected chi connectivity index (χ1v) is 10.0. The van der Waals surface area contributed by atoms with E-state index in [1.807, 2.05) is 41.5 Å². The summed E-state index contributed by atoms with van der Waals surface area (Å²) in [5, 5.41) is 1.85. The Morgan fingerprint density at radius 1 is 1.00 bits per heavy atom. The normalized spacial score (nSPS) is 28.4. The van der Waals surface area contributed by atoms with E-state index in [9.17, 15) is 4.79 Å². The second-order valence-electron chi connectivity index (χ2n) is 7.77. The summed E-state index contributed by atoms with van der Waals surface area (Å²) < 4.78 is 5.62. The molecule has 3 fully saturated rings. The van der Waals surface area contributed by atoms with Crippen molar-refractivity contribution in [1.29, 1.82) is 0 Å². The molecule has 4 unspecified atom stereocenters. The van der Waals surface area contributed by atoms with Crippen LogP contribution in [0.5, 0.6) is 0 Å². The van der Waals surface area contributed by atoms with Gasteiger partial charge >= 0.3 is 5.97 Å². The van der Waals surface area contributed by atoms with Crippen LogP contribution in [0.4, 0.5) is 0 Å². The van der Waals surface area contributed by atoms with Gasteiger partial charge in [-0.1, -0.05) is 60.4 Å². The summed E-state index contributed by atoms with van der Waals surface area (Å²) in [4.78, 5) is 18.6. The largest absolute Gasteiger partial charge is 0.461 e. The number of rotatable bonds is 3. The molecule has 2 aromatic carbocycles. The zero-order valence-corrected chi connectivity index (χ0v) is 15.7. The van der Waals surface area contributed by atoms with Crippen LogP contribution in [0.1, 0.15) is 36.0 Å². The first-order chi connectivity index (χ1) is 13.8. The van der Waals surface area contributed by atoms with Gasteiger partial charge in [0.25, 0.3) is 0 Å². The summed E-state index contributed by atoms with van der Waals surface area (Å²) in [7, 11) is 0.